The van der Waals surface area contributed by atoms with Gasteiger partial charge in [-0.05, 0) is 61.1 Å². The number of aryl methyl sites for hydroxylation is 1. The van der Waals surface area contributed by atoms with Gasteiger partial charge in [-0.1, -0.05) is 37.1 Å². The highest BCUT2D eigenvalue weighted by Crippen LogP contribution is 2.35. The molecule has 0 saturated heterocycles. The monoisotopic (exact) mass is 476 g/mol. The molecule has 1 heterocycles. The first-order valence-electron chi connectivity index (χ1n) is 11.6. The minimum absolute atomic E-state index is 0.136. The first kappa shape index (κ1) is 24.2. The molecule has 0 atom stereocenters. The molecule has 35 heavy (non-hydrogen) atoms. The van der Waals surface area contributed by atoms with Gasteiger partial charge in [-0.2, -0.15) is 0 Å². The van der Waals surface area contributed by atoms with E-state index in [4.69, 9.17) is 10.5 Å². The van der Waals surface area contributed by atoms with Crippen LogP contribution in [-0.2, 0) is 16.1 Å². The van der Waals surface area contributed by atoms with Crippen LogP contribution in [0.25, 0.3) is 0 Å². The Morgan fingerprint density at radius 1 is 1.17 bits per heavy atom. The van der Waals surface area contributed by atoms with E-state index in [0.29, 0.717) is 40.0 Å². The van der Waals surface area contributed by atoms with Crippen LogP contribution in [0.4, 0.5) is 21.6 Å². The third kappa shape index (κ3) is 5.42. The predicted octanol–water partition coefficient (Wildman–Crippen LogP) is 4.95. The number of carbonyl (C=O) groups is 2. The van der Waals surface area contributed by atoms with Crippen molar-refractivity contribution in [1.82, 2.24) is 4.98 Å². The van der Waals surface area contributed by atoms with E-state index < -0.39 is 17.6 Å². The van der Waals surface area contributed by atoms with Crippen molar-refractivity contribution >= 4 is 29.0 Å². The summed E-state index contributed by atoms with van der Waals surface area (Å²) in [4.78, 5) is 31.5. The Labute approximate surface area is 204 Å². The molecule has 0 spiro atoms. The second-order valence-electron chi connectivity index (χ2n) is 8.78. The molecule has 4 rings (SSSR count). The number of anilines is 3. The maximum atomic E-state index is 15.2. The smallest absolute Gasteiger partial charge is 0.317 e. The summed E-state index contributed by atoms with van der Waals surface area (Å²) in [5, 5.41) is 2.56. The van der Waals surface area contributed by atoms with Gasteiger partial charge < -0.3 is 15.8 Å². The van der Waals surface area contributed by atoms with E-state index in [1.54, 1.807) is 49.4 Å². The summed E-state index contributed by atoms with van der Waals surface area (Å²) in [7, 11) is 1.47. The number of methoxy groups -OCH3 is 1. The van der Waals surface area contributed by atoms with Gasteiger partial charge in [0, 0.05) is 5.56 Å². The van der Waals surface area contributed by atoms with Crippen LogP contribution in [0.5, 0.6) is 5.75 Å². The number of hydrogen-bond donors (Lipinski definition) is 2. The first-order valence-corrected chi connectivity index (χ1v) is 11.6. The lowest BCUT2D eigenvalue weighted by Crippen LogP contribution is -2.40. The van der Waals surface area contributed by atoms with Crippen LogP contribution in [-0.4, -0.2) is 23.9 Å². The summed E-state index contributed by atoms with van der Waals surface area (Å²) >= 11 is 0. The highest BCUT2D eigenvalue weighted by Gasteiger charge is 2.27. The SMILES string of the molecule is COc1ccccc1N(Cc1ccc(C2CCCC2)cc1F)C(=O)C(=O)Nc1cnc(N)c(C)c1. The van der Waals surface area contributed by atoms with E-state index >= 15 is 4.39 Å². The average Bonchev–Trinajstić information content (AvgIpc) is 3.40. The summed E-state index contributed by atoms with van der Waals surface area (Å²) in [6.07, 6.45) is 5.81. The molecule has 1 saturated carbocycles. The summed E-state index contributed by atoms with van der Waals surface area (Å²) in [6.45, 7) is 1.61. The van der Waals surface area contributed by atoms with Crippen molar-refractivity contribution in [3.63, 3.8) is 0 Å². The highest BCUT2D eigenvalue weighted by molar-refractivity contribution is 6.44. The third-order valence-corrected chi connectivity index (χ3v) is 6.42. The molecule has 2 aromatic carbocycles. The van der Waals surface area contributed by atoms with Crippen molar-refractivity contribution in [2.75, 3.05) is 23.1 Å². The van der Waals surface area contributed by atoms with Gasteiger partial charge in [0.05, 0.1) is 31.2 Å². The van der Waals surface area contributed by atoms with Crippen molar-refractivity contribution in [3.05, 3.63) is 77.2 Å². The quantitative estimate of drug-likeness (QED) is 0.491. The predicted molar refractivity (Wildman–Crippen MR) is 134 cm³/mol. The third-order valence-electron chi connectivity index (χ3n) is 6.42. The molecular formula is C27H29FN4O3. The van der Waals surface area contributed by atoms with Gasteiger partial charge in [0.2, 0.25) is 0 Å². The maximum Gasteiger partial charge on any atom is 0.317 e. The molecule has 182 valence electrons. The Morgan fingerprint density at radius 2 is 1.91 bits per heavy atom. The molecule has 3 N–H and O–H groups in total. The van der Waals surface area contributed by atoms with Gasteiger partial charge in [0.1, 0.15) is 17.4 Å². The molecule has 1 aliphatic carbocycles. The zero-order valence-corrected chi connectivity index (χ0v) is 19.9. The van der Waals surface area contributed by atoms with Crippen molar-refractivity contribution in [2.45, 2.75) is 45.1 Å². The Balaban J connectivity index is 1.63. The van der Waals surface area contributed by atoms with Gasteiger partial charge in [-0.25, -0.2) is 9.37 Å². The topological polar surface area (TPSA) is 97.5 Å². The number of carbonyl (C=O) groups excluding carboxylic acids is 2. The molecule has 7 nitrogen and oxygen atoms in total. The number of hydrogen-bond acceptors (Lipinski definition) is 5. The fourth-order valence-electron chi connectivity index (χ4n) is 4.46. The van der Waals surface area contributed by atoms with Gasteiger partial charge in [-0.3, -0.25) is 14.5 Å². The molecule has 1 aromatic heterocycles. The average molecular weight is 477 g/mol. The van der Waals surface area contributed by atoms with E-state index in [0.717, 1.165) is 31.2 Å². The second-order valence-corrected chi connectivity index (χ2v) is 8.78. The highest BCUT2D eigenvalue weighted by atomic mass is 19.1. The molecule has 1 fully saturated rings. The lowest BCUT2D eigenvalue weighted by molar-refractivity contribution is -0.134. The number of nitrogens with two attached hydrogens (primary N) is 1. The number of rotatable bonds is 6. The number of ether oxygens (including phenoxy) is 1. The Morgan fingerprint density at radius 3 is 2.60 bits per heavy atom. The summed E-state index contributed by atoms with van der Waals surface area (Å²) in [5.74, 6) is -1.05. The largest absolute Gasteiger partial charge is 0.495 e. The Hall–Kier alpha value is -3.94. The molecule has 0 bridgehead atoms. The van der Waals surface area contributed by atoms with Crippen LogP contribution >= 0.6 is 0 Å². The Bertz CT molecular complexity index is 1240. The van der Waals surface area contributed by atoms with E-state index in [1.807, 2.05) is 6.07 Å². The minimum Gasteiger partial charge on any atom is -0.495 e. The van der Waals surface area contributed by atoms with Gasteiger partial charge in [0.15, 0.2) is 0 Å². The van der Waals surface area contributed by atoms with Gasteiger partial charge in [-0.15, -0.1) is 0 Å². The van der Waals surface area contributed by atoms with Crippen molar-refractivity contribution in [1.29, 1.82) is 0 Å². The number of para-hydroxylation sites is 2. The van der Waals surface area contributed by atoms with Crippen LogP contribution in [0.15, 0.2) is 54.7 Å². The van der Waals surface area contributed by atoms with Crippen LogP contribution in [0.2, 0.25) is 0 Å². The standard InChI is InChI=1S/C27H29FN4O3/c1-17-13-21(15-30-25(17)29)31-26(33)27(34)32(23-9-5-6-10-24(23)35-2)16-20-12-11-19(14-22(20)28)18-7-3-4-8-18/h5-6,9-15,18H,3-4,7-8,16H2,1-2H3,(H2,29,30)(H,31,33). The number of nitrogen functional groups attached to an aromatic ring is 1. The number of nitrogens with one attached hydrogen (secondary N) is 1. The van der Waals surface area contributed by atoms with E-state index in [1.165, 1.54) is 18.2 Å². The van der Waals surface area contributed by atoms with Crippen LogP contribution in [0.1, 0.15) is 48.3 Å². The molecular weight excluding hydrogens is 447 g/mol. The summed E-state index contributed by atoms with van der Waals surface area (Å²) in [5.41, 5.74) is 8.39. The van der Waals surface area contributed by atoms with Crippen molar-refractivity contribution in [3.8, 4) is 5.75 Å². The van der Waals surface area contributed by atoms with Crippen LogP contribution in [0.3, 0.4) is 0 Å². The fourth-order valence-corrected chi connectivity index (χ4v) is 4.46. The van der Waals surface area contributed by atoms with Crippen LogP contribution < -0.4 is 20.7 Å². The molecule has 0 aliphatic heterocycles. The normalized spacial score (nSPS) is 13.5. The summed E-state index contributed by atoms with van der Waals surface area (Å²) in [6, 6.07) is 13.6. The number of nitrogens with zero attached hydrogens (tertiary/aromatic N) is 2. The van der Waals surface area contributed by atoms with Crippen molar-refractivity contribution < 1.29 is 18.7 Å². The molecule has 1 aliphatic rings. The van der Waals surface area contributed by atoms with E-state index in [-0.39, 0.29) is 6.54 Å². The number of benzene rings is 2. The van der Waals surface area contributed by atoms with Gasteiger partial charge >= 0.3 is 11.8 Å². The zero-order valence-electron chi connectivity index (χ0n) is 19.9. The molecule has 0 radical (unpaired) electrons. The molecule has 2 amide bonds. The lowest BCUT2D eigenvalue weighted by Gasteiger charge is -2.25. The maximum absolute atomic E-state index is 15.2. The van der Waals surface area contributed by atoms with E-state index in [9.17, 15) is 9.59 Å². The van der Waals surface area contributed by atoms with E-state index in [2.05, 4.69) is 10.3 Å². The number of halogens is 1. The molecule has 8 heteroatoms. The van der Waals surface area contributed by atoms with Gasteiger partial charge in [0.25, 0.3) is 0 Å². The summed E-state index contributed by atoms with van der Waals surface area (Å²) < 4.78 is 20.6. The Kier molecular flexibility index (Phi) is 7.29. The van der Waals surface area contributed by atoms with Crippen molar-refractivity contribution in [2.24, 2.45) is 0 Å². The number of aromatic nitrogens is 1. The number of amides is 2. The second kappa shape index (κ2) is 10.5. The first-order chi connectivity index (χ1) is 16.9. The molecule has 0 unspecified atom stereocenters. The molecule has 3 aromatic rings. The lowest BCUT2D eigenvalue weighted by atomic mass is 9.96. The zero-order chi connectivity index (χ0) is 24.9. The number of pyridine rings is 1. The fraction of sp³-hybridized carbons (Fsp3) is 0.296. The van der Waals surface area contributed by atoms with Crippen LogP contribution in [0, 0.1) is 12.7 Å². The minimum atomic E-state index is -0.884.